The van der Waals surface area contributed by atoms with E-state index in [4.69, 9.17) is 42.2 Å². The van der Waals surface area contributed by atoms with Gasteiger partial charge in [0.15, 0.2) is 18.7 Å². The molecule has 11 N–H and O–H groups in total. The quantitative estimate of drug-likeness (QED) is 0.00887. The maximum Gasteiger partial charge on any atom is 0.472 e. The maximum absolute atomic E-state index is 14.3. The lowest BCUT2D eigenvalue weighted by molar-refractivity contribution is -0.360. The van der Waals surface area contributed by atoms with E-state index in [0.717, 1.165) is 116 Å². The Morgan fingerprint density at radius 3 is 1.16 bits per heavy atom. The molecule has 18 unspecified atom stereocenters. The van der Waals surface area contributed by atoms with Crippen molar-refractivity contribution in [1.82, 2.24) is 0 Å². The highest BCUT2D eigenvalue weighted by Gasteiger charge is 2.58. The number of unbranched alkanes of at least 4 members (excludes halogenated alkanes) is 31. The van der Waals surface area contributed by atoms with E-state index in [9.17, 15) is 74.9 Å². The first kappa shape index (κ1) is 86.7. The monoisotopic (exact) mass is 1380 g/mol. The second-order valence-electron chi connectivity index (χ2n) is 26.3. The number of phosphoric acid groups is 1. The van der Waals surface area contributed by atoms with Gasteiger partial charge in [-0.15, -0.1) is 0 Å². The van der Waals surface area contributed by atoms with Gasteiger partial charge < -0.3 is 89.1 Å². The Labute approximate surface area is 566 Å². The molecule has 24 nitrogen and oxygen atoms in total. The summed E-state index contributed by atoms with van der Waals surface area (Å²) in [6, 6.07) is 0. The molecule has 1 aliphatic carbocycles. The molecule has 18 atom stereocenters. The Balaban J connectivity index is 1.74. The third kappa shape index (κ3) is 36.1. The molecule has 3 rings (SSSR count). The van der Waals surface area contributed by atoms with Crippen molar-refractivity contribution < 1.29 is 117 Å². The number of esters is 3. The highest BCUT2D eigenvalue weighted by atomic mass is 31.2. The van der Waals surface area contributed by atoms with Crippen LogP contribution in [-0.4, -0.2) is 204 Å². The molecule has 0 aromatic rings. The maximum atomic E-state index is 14.3. The van der Waals surface area contributed by atoms with Crippen LogP contribution >= 0.6 is 7.82 Å². The van der Waals surface area contributed by atoms with Crippen LogP contribution in [0, 0.1) is 0 Å². The minimum atomic E-state index is -5.69. The first-order chi connectivity index (χ1) is 45.8. The van der Waals surface area contributed by atoms with Crippen LogP contribution in [-0.2, 0) is 61.2 Å². The molecular formula is C70H127O24P. The molecule has 25 heteroatoms. The van der Waals surface area contributed by atoms with Crippen LogP contribution in [0.25, 0.3) is 0 Å². The summed E-state index contributed by atoms with van der Waals surface area (Å²) in [4.78, 5) is 50.9. The van der Waals surface area contributed by atoms with Crippen molar-refractivity contribution in [2.24, 2.45) is 0 Å². The van der Waals surface area contributed by atoms with Gasteiger partial charge in [-0.2, -0.15) is 0 Å². The van der Waals surface area contributed by atoms with Gasteiger partial charge in [-0.1, -0.05) is 206 Å². The minimum Gasteiger partial charge on any atom is -0.463 e. The molecule has 3 aliphatic rings. The van der Waals surface area contributed by atoms with Crippen LogP contribution in [0.15, 0.2) is 24.3 Å². The number of aliphatic hydroxyl groups excluding tert-OH is 10. The standard InChI is InChI=1S/C70H127O24P/c1-4-7-10-13-16-19-22-24-26-28-31-32-35-38-41-44-54(72)86-48-51(89-56(74)46-43-40-37-34-29-21-18-15-12-9-6-3)49-88-95(84,85)94-68-66(92-69-64(82)59(77)57(75)52(47-71)90-69)62(80)61(79)63(81)67(68)93-70-65(83)60(78)58(76)53(91-70)50-87-55(73)45-42-39-36-33-30-27-25-23-20-17-14-11-8-5-2/h19,22,27,30,51-53,57-71,75-83H,4-18,20-21,23-26,28-29,31-50H2,1-3H3,(H,84,85)/b22-19-,30-27-. The van der Waals surface area contributed by atoms with E-state index in [1.807, 2.05) is 0 Å². The minimum absolute atomic E-state index is 0.00834. The van der Waals surface area contributed by atoms with Crippen LogP contribution in [0.2, 0.25) is 0 Å². The first-order valence-corrected chi connectivity index (χ1v) is 38.1. The molecule has 0 bridgehead atoms. The van der Waals surface area contributed by atoms with Gasteiger partial charge in [-0.05, 0) is 70.6 Å². The lowest BCUT2D eigenvalue weighted by Gasteiger charge is -2.49. The van der Waals surface area contributed by atoms with Crippen molar-refractivity contribution in [3.8, 4) is 0 Å². The largest absolute Gasteiger partial charge is 0.472 e. The summed E-state index contributed by atoms with van der Waals surface area (Å²) in [5, 5.41) is 110. The molecule has 0 amide bonds. The van der Waals surface area contributed by atoms with Gasteiger partial charge in [-0.25, -0.2) is 4.57 Å². The van der Waals surface area contributed by atoms with Crippen molar-refractivity contribution in [2.45, 2.75) is 375 Å². The van der Waals surface area contributed by atoms with E-state index in [1.54, 1.807) is 0 Å². The lowest BCUT2D eigenvalue weighted by atomic mass is 9.84. The van der Waals surface area contributed by atoms with Gasteiger partial charge in [0.25, 0.3) is 0 Å². The average Bonchev–Trinajstić information content (AvgIpc) is 0.763. The smallest absolute Gasteiger partial charge is 0.463 e. The van der Waals surface area contributed by atoms with E-state index in [-0.39, 0.29) is 19.3 Å². The van der Waals surface area contributed by atoms with Gasteiger partial charge in [-0.3, -0.25) is 23.4 Å². The van der Waals surface area contributed by atoms with Crippen LogP contribution in [0.4, 0.5) is 0 Å². The third-order valence-electron chi connectivity index (χ3n) is 18.0. The molecule has 1 saturated carbocycles. The van der Waals surface area contributed by atoms with Crippen LogP contribution < -0.4 is 0 Å². The van der Waals surface area contributed by atoms with E-state index in [2.05, 4.69) is 45.1 Å². The number of ether oxygens (including phenoxy) is 7. The Morgan fingerprint density at radius 2 is 0.737 bits per heavy atom. The summed E-state index contributed by atoms with van der Waals surface area (Å²) >= 11 is 0. The number of carbonyl (C=O) groups is 3. The topological polar surface area (TPSA) is 374 Å². The fraction of sp³-hybridized carbons (Fsp3) is 0.900. The molecule has 2 saturated heterocycles. The number of carbonyl (C=O) groups excluding carboxylic acids is 3. The molecule has 0 spiro atoms. The molecule has 2 heterocycles. The fourth-order valence-electron chi connectivity index (χ4n) is 11.9. The average molecular weight is 1380 g/mol. The van der Waals surface area contributed by atoms with Gasteiger partial charge >= 0.3 is 25.7 Å². The summed E-state index contributed by atoms with van der Waals surface area (Å²) in [7, 11) is -5.69. The van der Waals surface area contributed by atoms with E-state index >= 15 is 0 Å². The Morgan fingerprint density at radius 1 is 0.400 bits per heavy atom. The van der Waals surface area contributed by atoms with Gasteiger partial charge in [0.05, 0.1) is 13.2 Å². The number of hydrogen-bond donors (Lipinski definition) is 11. The normalized spacial score (nSPS) is 28.2. The number of hydrogen-bond acceptors (Lipinski definition) is 23. The molecule has 0 aromatic carbocycles. The highest BCUT2D eigenvalue weighted by molar-refractivity contribution is 7.47. The Kier molecular flexibility index (Phi) is 47.8. The summed E-state index contributed by atoms with van der Waals surface area (Å²) in [5.41, 5.74) is 0. The second kappa shape index (κ2) is 52.4. The van der Waals surface area contributed by atoms with Crippen molar-refractivity contribution >= 4 is 25.7 Å². The van der Waals surface area contributed by atoms with Crippen molar-refractivity contribution in [2.75, 3.05) is 26.4 Å². The summed E-state index contributed by atoms with van der Waals surface area (Å²) < 4.78 is 64.9. The highest BCUT2D eigenvalue weighted by Crippen LogP contribution is 2.49. The zero-order valence-electron chi connectivity index (χ0n) is 57.7. The molecule has 0 radical (unpaired) electrons. The van der Waals surface area contributed by atoms with Crippen LogP contribution in [0.3, 0.4) is 0 Å². The first-order valence-electron chi connectivity index (χ1n) is 36.6. The molecule has 95 heavy (non-hydrogen) atoms. The number of phosphoric ester groups is 1. The zero-order chi connectivity index (χ0) is 69.6. The Bertz CT molecular complexity index is 2070. The summed E-state index contributed by atoms with van der Waals surface area (Å²) in [5.74, 6) is -2.01. The number of aliphatic hydroxyl groups is 10. The molecule has 2 aliphatic heterocycles. The predicted octanol–water partition coefficient (Wildman–Crippen LogP) is 9.35. The fourth-order valence-corrected chi connectivity index (χ4v) is 12.9. The summed E-state index contributed by atoms with van der Waals surface area (Å²) in [6.07, 6.45) is 11.2. The second-order valence-corrected chi connectivity index (χ2v) is 27.7. The van der Waals surface area contributed by atoms with E-state index in [1.165, 1.54) is 96.3 Å². The Hall–Kier alpha value is -2.56. The van der Waals surface area contributed by atoms with Crippen LogP contribution in [0.1, 0.15) is 271 Å². The van der Waals surface area contributed by atoms with Gasteiger partial charge in [0, 0.05) is 19.3 Å². The zero-order valence-corrected chi connectivity index (χ0v) is 58.6. The van der Waals surface area contributed by atoms with E-state index in [0.29, 0.717) is 19.3 Å². The van der Waals surface area contributed by atoms with E-state index < -0.39 is 156 Å². The number of allylic oxidation sites excluding steroid dienone is 4. The van der Waals surface area contributed by atoms with Crippen molar-refractivity contribution in [3.05, 3.63) is 24.3 Å². The molecule has 0 aromatic heterocycles. The van der Waals surface area contributed by atoms with Gasteiger partial charge in [0.1, 0.15) is 98.7 Å². The van der Waals surface area contributed by atoms with Crippen molar-refractivity contribution in [3.63, 3.8) is 0 Å². The van der Waals surface area contributed by atoms with Crippen LogP contribution in [0.5, 0.6) is 0 Å². The van der Waals surface area contributed by atoms with Gasteiger partial charge in [0.2, 0.25) is 0 Å². The molecule has 3 fully saturated rings. The lowest BCUT2D eigenvalue weighted by Crippen LogP contribution is -2.69. The third-order valence-corrected chi connectivity index (χ3v) is 18.9. The predicted molar refractivity (Wildman–Crippen MR) is 356 cm³/mol. The van der Waals surface area contributed by atoms with Crippen molar-refractivity contribution in [1.29, 1.82) is 0 Å². The molecule has 556 valence electrons. The molecular weight excluding hydrogens is 1260 g/mol. The summed E-state index contributed by atoms with van der Waals surface area (Å²) in [6.45, 7) is 3.39. The number of rotatable bonds is 56. The SMILES string of the molecule is CCCCCC/C=C\CCCCCCCCCC(=O)OCC(COP(=O)(O)OC1C(OC2OC(CO)C(O)C(O)C2O)C(O)C(O)C(O)C1OC1OC(COC(=O)CCCCC/C=C\CCCCCCCCC)C(O)C(O)C1O)OC(=O)CCCCCCCCCCCCC.